The fourth-order valence-electron chi connectivity index (χ4n) is 2.38. The van der Waals surface area contributed by atoms with Crippen molar-refractivity contribution in [1.82, 2.24) is 0 Å². The van der Waals surface area contributed by atoms with Gasteiger partial charge in [0.2, 0.25) is 0 Å². The number of hydrogen-bond acceptors (Lipinski definition) is 3. The normalized spacial score (nSPS) is 16.0. The molecule has 0 aromatic heterocycles. The van der Waals surface area contributed by atoms with Gasteiger partial charge >= 0.3 is 0 Å². The number of aliphatic imine (C=N–C) groups is 2. The van der Waals surface area contributed by atoms with Crippen molar-refractivity contribution in [2.75, 3.05) is 5.32 Å². The second-order valence-electron chi connectivity index (χ2n) is 6.80. The standard InChI is InChI=1S/C20H19ClFN3/c1-20(2,3)25-18-12-17(13-4-8-15(22)9-5-13)24-19(18)23-16-10-6-14(21)7-11-16/h4-12H,1-3H3,(H,23,24,25). The van der Waals surface area contributed by atoms with E-state index >= 15 is 0 Å². The Morgan fingerprint density at radius 1 is 1.00 bits per heavy atom. The second-order valence-corrected chi connectivity index (χ2v) is 7.23. The Labute approximate surface area is 152 Å². The smallest absolute Gasteiger partial charge is 0.156 e. The van der Waals surface area contributed by atoms with E-state index in [9.17, 15) is 4.39 Å². The predicted octanol–water partition coefficient (Wildman–Crippen LogP) is 5.58. The van der Waals surface area contributed by atoms with E-state index in [-0.39, 0.29) is 11.4 Å². The summed E-state index contributed by atoms with van der Waals surface area (Å²) in [5, 5.41) is 3.96. The number of anilines is 1. The molecule has 2 aromatic carbocycles. The molecule has 2 aromatic rings. The lowest BCUT2D eigenvalue weighted by Gasteiger charge is -2.14. The van der Waals surface area contributed by atoms with Gasteiger partial charge in [0.15, 0.2) is 5.84 Å². The van der Waals surface area contributed by atoms with Crippen LogP contribution in [-0.2, 0) is 0 Å². The lowest BCUT2D eigenvalue weighted by molar-refractivity contribution is 0.585. The summed E-state index contributed by atoms with van der Waals surface area (Å²) >= 11 is 5.94. The van der Waals surface area contributed by atoms with Crippen molar-refractivity contribution >= 4 is 34.5 Å². The van der Waals surface area contributed by atoms with E-state index in [1.807, 2.05) is 51.1 Å². The molecule has 3 rings (SSSR count). The molecule has 1 heterocycles. The Balaban J connectivity index is 1.95. The Morgan fingerprint density at radius 2 is 1.64 bits per heavy atom. The van der Waals surface area contributed by atoms with Crippen LogP contribution in [0.2, 0.25) is 5.02 Å². The number of amidine groups is 1. The summed E-state index contributed by atoms with van der Waals surface area (Å²) in [5.41, 5.74) is 2.99. The molecule has 3 nitrogen and oxygen atoms in total. The predicted molar refractivity (Wildman–Crippen MR) is 104 cm³/mol. The molecule has 1 N–H and O–H groups in total. The first-order chi connectivity index (χ1) is 11.8. The van der Waals surface area contributed by atoms with Crippen LogP contribution in [-0.4, -0.2) is 17.1 Å². The molecule has 0 amide bonds. The second kappa shape index (κ2) is 6.81. The van der Waals surface area contributed by atoms with Gasteiger partial charge in [-0.15, -0.1) is 0 Å². The van der Waals surface area contributed by atoms with Gasteiger partial charge in [-0.1, -0.05) is 11.6 Å². The van der Waals surface area contributed by atoms with Gasteiger partial charge in [-0.2, -0.15) is 0 Å². The van der Waals surface area contributed by atoms with E-state index in [1.54, 1.807) is 12.1 Å². The van der Waals surface area contributed by atoms with Crippen LogP contribution in [0.4, 0.5) is 10.1 Å². The maximum atomic E-state index is 13.2. The highest BCUT2D eigenvalue weighted by Gasteiger charge is 2.20. The lowest BCUT2D eigenvalue weighted by atomic mass is 10.1. The zero-order chi connectivity index (χ0) is 18.0. The Bertz CT molecular complexity index is 857. The quantitative estimate of drug-likeness (QED) is 0.749. The van der Waals surface area contributed by atoms with Crippen molar-refractivity contribution in [1.29, 1.82) is 0 Å². The number of halogens is 2. The van der Waals surface area contributed by atoms with Crippen molar-refractivity contribution in [2.45, 2.75) is 26.3 Å². The number of nitrogens with zero attached hydrogens (tertiary/aromatic N) is 2. The van der Waals surface area contributed by atoms with Gasteiger partial charge in [-0.05, 0) is 75.4 Å². The van der Waals surface area contributed by atoms with Gasteiger partial charge in [0.25, 0.3) is 0 Å². The molecule has 0 saturated heterocycles. The summed E-state index contributed by atoms with van der Waals surface area (Å²) in [4.78, 5) is 9.40. The molecule has 25 heavy (non-hydrogen) atoms. The zero-order valence-corrected chi connectivity index (χ0v) is 15.1. The van der Waals surface area contributed by atoms with Gasteiger partial charge in [-0.25, -0.2) is 9.38 Å². The molecule has 0 unspecified atom stereocenters. The molecule has 0 atom stereocenters. The minimum atomic E-state index is -0.269. The van der Waals surface area contributed by atoms with Crippen molar-refractivity contribution in [3.63, 3.8) is 0 Å². The maximum Gasteiger partial charge on any atom is 0.156 e. The molecule has 128 valence electrons. The highest BCUT2D eigenvalue weighted by molar-refractivity contribution is 6.53. The Morgan fingerprint density at radius 3 is 2.24 bits per heavy atom. The molecule has 0 radical (unpaired) electrons. The van der Waals surface area contributed by atoms with Crippen LogP contribution in [0.15, 0.2) is 64.6 Å². The first-order valence-electron chi connectivity index (χ1n) is 7.99. The SMILES string of the molecule is CC(C)(C)N=C1C=C(c2ccc(F)cc2)N=C1Nc1ccc(Cl)cc1. The molecule has 1 aliphatic rings. The van der Waals surface area contributed by atoms with Crippen molar-refractivity contribution in [3.05, 3.63) is 71.0 Å². The van der Waals surface area contributed by atoms with Gasteiger partial charge in [0.05, 0.1) is 11.2 Å². The minimum absolute atomic E-state index is 0.244. The lowest BCUT2D eigenvalue weighted by Crippen LogP contribution is -2.23. The average Bonchev–Trinajstić information content (AvgIpc) is 2.91. The summed E-state index contributed by atoms with van der Waals surface area (Å²) in [6.45, 7) is 6.09. The first kappa shape index (κ1) is 17.4. The molecule has 0 aliphatic carbocycles. The summed E-state index contributed by atoms with van der Waals surface area (Å²) in [5.74, 6) is 0.394. The number of hydrogen-bond donors (Lipinski definition) is 1. The fourth-order valence-corrected chi connectivity index (χ4v) is 2.51. The van der Waals surface area contributed by atoms with Crippen molar-refractivity contribution in [2.24, 2.45) is 9.98 Å². The Kier molecular flexibility index (Phi) is 4.73. The van der Waals surface area contributed by atoms with Crippen LogP contribution < -0.4 is 5.32 Å². The summed E-state index contributed by atoms with van der Waals surface area (Å²) in [6, 6.07) is 13.7. The van der Waals surface area contributed by atoms with Crippen LogP contribution in [0, 0.1) is 5.82 Å². The topological polar surface area (TPSA) is 36.8 Å². The van der Waals surface area contributed by atoms with E-state index in [2.05, 4.69) is 10.3 Å². The van der Waals surface area contributed by atoms with Gasteiger partial charge in [-0.3, -0.25) is 4.99 Å². The maximum absolute atomic E-state index is 13.2. The van der Waals surface area contributed by atoms with E-state index < -0.39 is 0 Å². The minimum Gasteiger partial charge on any atom is -0.338 e. The van der Waals surface area contributed by atoms with Crippen molar-refractivity contribution in [3.8, 4) is 0 Å². The highest BCUT2D eigenvalue weighted by atomic mass is 35.5. The third kappa shape index (κ3) is 4.54. The van der Waals surface area contributed by atoms with Crippen LogP contribution in [0.5, 0.6) is 0 Å². The van der Waals surface area contributed by atoms with Gasteiger partial charge in [0.1, 0.15) is 11.5 Å². The number of nitrogens with one attached hydrogen (secondary N) is 1. The molecular formula is C20H19ClFN3. The average molecular weight is 356 g/mol. The zero-order valence-electron chi connectivity index (χ0n) is 14.3. The van der Waals surface area contributed by atoms with E-state index in [0.717, 1.165) is 22.7 Å². The van der Waals surface area contributed by atoms with Crippen LogP contribution >= 0.6 is 11.6 Å². The van der Waals surface area contributed by atoms with E-state index in [0.29, 0.717) is 10.9 Å². The molecule has 0 saturated carbocycles. The summed E-state index contributed by atoms with van der Waals surface area (Å²) in [6.07, 6.45) is 1.91. The molecule has 0 fully saturated rings. The highest BCUT2D eigenvalue weighted by Crippen LogP contribution is 2.24. The van der Waals surface area contributed by atoms with Gasteiger partial charge in [0, 0.05) is 16.3 Å². The van der Waals surface area contributed by atoms with Crippen LogP contribution in [0.1, 0.15) is 26.3 Å². The number of rotatable bonds is 2. The van der Waals surface area contributed by atoms with E-state index in [1.165, 1.54) is 12.1 Å². The fraction of sp³-hybridized carbons (Fsp3) is 0.200. The van der Waals surface area contributed by atoms with E-state index in [4.69, 9.17) is 16.6 Å². The first-order valence-corrected chi connectivity index (χ1v) is 8.37. The van der Waals surface area contributed by atoms with Crippen LogP contribution in [0.3, 0.4) is 0 Å². The molecule has 0 spiro atoms. The van der Waals surface area contributed by atoms with Gasteiger partial charge < -0.3 is 5.32 Å². The summed E-state index contributed by atoms with van der Waals surface area (Å²) < 4.78 is 13.2. The third-order valence-electron chi connectivity index (χ3n) is 3.45. The summed E-state index contributed by atoms with van der Waals surface area (Å²) in [7, 11) is 0. The monoisotopic (exact) mass is 355 g/mol. The Hall–Kier alpha value is -2.46. The molecule has 0 bridgehead atoms. The van der Waals surface area contributed by atoms with Crippen molar-refractivity contribution < 1.29 is 4.39 Å². The third-order valence-corrected chi connectivity index (χ3v) is 3.70. The van der Waals surface area contributed by atoms with Crippen LogP contribution in [0.25, 0.3) is 5.70 Å². The largest absolute Gasteiger partial charge is 0.338 e. The molecule has 1 aliphatic heterocycles. The molecule has 5 heteroatoms. The number of benzene rings is 2. The molecular weight excluding hydrogens is 337 g/mol.